The van der Waals surface area contributed by atoms with E-state index < -0.39 is 0 Å². The van der Waals surface area contributed by atoms with E-state index in [-0.39, 0.29) is 17.2 Å². The van der Waals surface area contributed by atoms with Crippen LogP contribution in [0.4, 0.5) is 0 Å². The molecule has 0 aliphatic heterocycles. The molecule has 0 aliphatic carbocycles. The van der Waals surface area contributed by atoms with Crippen molar-refractivity contribution in [3.63, 3.8) is 0 Å². The third-order valence-electron chi connectivity index (χ3n) is 1.52. The molecule has 0 aromatic rings. The van der Waals surface area contributed by atoms with Crippen molar-refractivity contribution in [2.45, 2.75) is 6.92 Å². The molecule has 0 fully saturated rings. The summed E-state index contributed by atoms with van der Waals surface area (Å²) in [4.78, 5) is 0. The minimum absolute atomic E-state index is 0.173. The van der Waals surface area contributed by atoms with Gasteiger partial charge in [0.15, 0.2) is 0 Å². The van der Waals surface area contributed by atoms with Crippen LogP contribution >= 0.6 is 18.6 Å². The summed E-state index contributed by atoms with van der Waals surface area (Å²) in [5.74, 6) is 0. The molecule has 0 N–H and O–H groups in total. The van der Waals surface area contributed by atoms with Gasteiger partial charge < -0.3 is 0 Å². The monoisotopic (exact) mass is 421 g/mol. The maximum atomic E-state index is 3.88. The van der Waals surface area contributed by atoms with Crippen molar-refractivity contribution in [1.82, 2.24) is 0 Å². The van der Waals surface area contributed by atoms with E-state index in [1.807, 2.05) is 6.92 Å². The average Bonchev–Trinajstić information content (AvgIpc) is 2.22. The zero-order chi connectivity index (χ0) is 11.8. The molecule has 0 nitrogen and oxygen atoms in total. The first-order valence-electron chi connectivity index (χ1n) is 4.00. The Morgan fingerprint density at radius 1 is 1.13 bits per heavy atom. The van der Waals surface area contributed by atoms with Crippen molar-refractivity contribution in [3.05, 3.63) is 69.5 Å². The molecular formula is C13H11I2-. The van der Waals surface area contributed by atoms with E-state index in [0.29, 0.717) is 0 Å². The van der Waals surface area contributed by atoms with Crippen molar-refractivity contribution in [1.29, 1.82) is 0 Å². The minimum atomic E-state index is -0.173. The Labute approximate surface area is 111 Å². The molecule has 0 aliphatic rings. The Bertz CT molecular complexity index is 451. The summed E-state index contributed by atoms with van der Waals surface area (Å²) in [5.41, 5.74) is 14.0. The Morgan fingerprint density at radius 3 is 1.93 bits per heavy atom. The van der Waals surface area contributed by atoms with Gasteiger partial charge >= 0.3 is 112 Å². The molecule has 0 heterocycles. The standard InChI is InChI=1S/C13H11I2/c1-6-9-13(15-14)12(8-3)11(7-2)10(4)5/h1-4H2,5H3/q-1. The fraction of sp³-hybridized carbons (Fsp3) is 0.0769. The molecule has 0 unspecified atom stereocenters. The van der Waals surface area contributed by atoms with E-state index in [9.17, 15) is 0 Å². The van der Waals surface area contributed by atoms with Gasteiger partial charge in [-0.2, -0.15) is 0 Å². The molecule has 0 spiro atoms. The molecule has 78 valence electrons. The molecule has 0 radical (unpaired) electrons. The fourth-order valence-corrected chi connectivity index (χ4v) is 3.93. The Morgan fingerprint density at radius 2 is 1.67 bits per heavy atom. The van der Waals surface area contributed by atoms with Crippen LogP contribution in [0.3, 0.4) is 0 Å². The van der Waals surface area contributed by atoms with Gasteiger partial charge in [0.1, 0.15) is 0 Å². The summed E-state index contributed by atoms with van der Waals surface area (Å²) in [6, 6.07) is 0. The predicted molar refractivity (Wildman–Crippen MR) is 70.3 cm³/mol. The van der Waals surface area contributed by atoms with Gasteiger partial charge in [-0.15, -0.1) is 0 Å². The molecule has 0 amide bonds. The van der Waals surface area contributed by atoms with Crippen LogP contribution in [0.25, 0.3) is 0 Å². The Hall–Kier alpha value is -0.460. The SMILES string of the molecule is C=C=C=C([I-]I)C(=C=C)C(=C=C)C(=C)C. The fourth-order valence-electron chi connectivity index (χ4n) is 0.922. The van der Waals surface area contributed by atoms with Crippen molar-refractivity contribution in [2.24, 2.45) is 0 Å². The van der Waals surface area contributed by atoms with Crippen LogP contribution in [0.5, 0.6) is 0 Å². The normalized spacial score (nSPS) is 7.87. The number of allylic oxidation sites excluding steroid dienone is 4. The van der Waals surface area contributed by atoms with E-state index in [1.54, 1.807) is 0 Å². The Balaban J connectivity index is 5.78. The Kier molecular flexibility index (Phi) is 7.54. The van der Waals surface area contributed by atoms with Crippen LogP contribution in [0.1, 0.15) is 6.92 Å². The van der Waals surface area contributed by atoms with Crippen molar-refractivity contribution in [2.75, 3.05) is 0 Å². The first-order chi connectivity index (χ1) is 7.12. The summed E-state index contributed by atoms with van der Waals surface area (Å²) in [7, 11) is 0. The third kappa shape index (κ3) is 4.27. The van der Waals surface area contributed by atoms with Crippen LogP contribution in [0, 0.1) is 0 Å². The summed E-state index contributed by atoms with van der Waals surface area (Å²) >= 11 is 2.17. The van der Waals surface area contributed by atoms with E-state index in [2.05, 4.69) is 67.9 Å². The number of hydrogen-bond donors (Lipinski definition) is 0. The average molecular weight is 421 g/mol. The molecule has 0 rings (SSSR count). The quantitative estimate of drug-likeness (QED) is 0.365. The predicted octanol–water partition coefficient (Wildman–Crippen LogP) is 1.25. The molecule has 0 aromatic heterocycles. The van der Waals surface area contributed by atoms with Crippen LogP contribution < -0.4 is 17.2 Å². The number of rotatable bonds is 4. The molecule has 0 saturated carbocycles. The molecule has 0 aromatic carbocycles. The van der Waals surface area contributed by atoms with Crippen LogP contribution in [-0.2, 0) is 0 Å². The van der Waals surface area contributed by atoms with Gasteiger partial charge in [0.2, 0.25) is 0 Å². The van der Waals surface area contributed by atoms with E-state index >= 15 is 0 Å². The van der Waals surface area contributed by atoms with Gasteiger partial charge in [-0.25, -0.2) is 0 Å². The summed E-state index contributed by atoms with van der Waals surface area (Å²) < 4.78 is 1.04. The van der Waals surface area contributed by atoms with Gasteiger partial charge in [0.25, 0.3) is 0 Å². The second kappa shape index (κ2) is 7.78. The van der Waals surface area contributed by atoms with Gasteiger partial charge in [0, 0.05) is 0 Å². The molecule has 0 saturated heterocycles. The maximum absolute atomic E-state index is 3.88. The van der Waals surface area contributed by atoms with E-state index in [4.69, 9.17) is 0 Å². The van der Waals surface area contributed by atoms with Gasteiger partial charge in [-0.3, -0.25) is 0 Å². The van der Waals surface area contributed by atoms with Gasteiger partial charge in [-0.05, 0) is 0 Å². The van der Waals surface area contributed by atoms with Crippen molar-refractivity contribution < 1.29 is 17.2 Å². The molecule has 2 heteroatoms. The van der Waals surface area contributed by atoms with Gasteiger partial charge in [0.05, 0.1) is 0 Å². The first-order valence-corrected chi connectivity index (χ1v) is 11.4. The molecule has 15 heavy (non-hydrogen) atoms. The molecular weight excluding hydrogens is 410 g/mol. The summed E-state index contributed by atoms with van der Waals surface area (Å²) in [6.45, 7) is 16.6. The van der Waals surface area contributed by atoms with Crippen molar-refractivity contribution in [3.8, 4) is 0 Å². The second-order valence-electron chi connectivity index (χ2n) is 2.57. The zero-order valence-electron chi connectivity index (χ0n) is 8.58. The summed E-state index contributed by atoms with van der Waals surface area (Å²) in [6.07, 6.45) is 0. The number of halogens is 2. The van der Waals surface area contributed by atoms with Gasteiger partial charge in [-0.1, -0.05) is 0 Å². The third-order valence-corrected chi connectivity index (χ3v) is 5.47. The van der Waals surface area contributed by atoms with Crippen molar-refractivity contribution >= 4 is 18.6 Å². The summed E-state index contributed by atoms with van der Waals surface area (Å²) in [5, 5.41) is 0. The van der Waals surface area contributed by atoms with Crippen LogP contribution in [-0.4, -0.2) is 0 Å². The van der Waals surface area contributed by atoms with E-state index in [1.165, 1.54) is 0 Å². The molecule has 0 bridgehead atoms. The first kappa shape index (κ1) is 14.5. The zero-order valence-corrected chi connectivity index (χ0v) is 12.9. The molecule has 0 atom stereocenters. The van der Waals surface area contributed by atoms with Crippen LogP contribution in [0.2, 0.25) is 0 Å². The van der Waals surface area contributed by atoms with Crippen LogP contribution in [0.15, 0.2) is 69.5 Å². The van der Waals surface area contributed by atoms with E-state index in [0.717, 1.165) is 20.3 Å². The topological polar surface area (TPSA) is 0 Å². The number of hydrogen-bond acceptors (Lipinski definition) is 0. The second-order valence-corrected chi connectivity index (χ2v) is 6.79.